The van der Waals surface area contributed by atoms with Gasteiger partial charge in [-0.2, -0.15) is 0 Å². The highest BCUT2D eigenvalue weighted by Gasteiger charge is 2.33. The Labute approximate surface area is 243 Å². The molecule has 0 bridgehead atoms. The third-order valence-electron chi connectivity index (χ3n) is 7.30. The standard InChI is InChI=1S/C30H36F2N6O4/c1-30(2,3)42-29(40)36(4)23-5-6-38(18-23)28(39)20-13-24(33-16-19-11-21(31)15-22(32)12-19)27-25(14-20)34-17-26(35-27)37-7-9-41-10-8-37/h11-15,17,23,33H,5-10,16,18H2,1-4H3/t23-/m0/s1. The lowest BCUT2D eigenvalue weighted by Gasteiger charge is -2.28. The molecule has 3 heterocycles. The van der Waals surface area contributed by atoms with Crippen LogP contribution in [-0.4, -0.2) is 89.9 Å². The molecule has 2 saturated heterocycles. The van der Waals surface area contributed by atoms with Crippen molar-refractivity contribution in [3.63, 3.8) is 0 Å². The van der Waals surface area contributed by atoms with E-state index in [0.717, 1.165) is 6.07 Å². The van der Waals surface area contributed by atoms with Gasteiger partial charge in [-0.3, -0.25) is 9.78 Å². The summed E-state index contributed by atoms with van der Waals surface area (Å²) in [6.45, 7) is 8.90. The number of fused-ring (bicyclic) bond motifs is 1. The Morgan fingerprint density at radius 1 is 1.10 bits per heavy atom. The van der Waals surface area contributed by atoms with Crippen LogP contribution in [0.5, 0.6) is 0 Å². The summed E-state index contributed by atoms with van der Waals surface area (Å²) in [7, 11) is 1.68. The van der Waals surface area contributed by atoms with Crippen LogP contribution in [0.3, 0.4) is 0 Å². The highest BCUT2D eigenvalue weighted by molar-refractivity contribution is 6.01. The Hall–Kier alpha value is -4.06. The minimum absolute atomic E-state index is 0.108. The first-order valence-corrected chi connectivity index (χ1v) is 14.0. The number of hydrogen-bond donors (Lipinski definition) is 1. The van der Waals surface area contributed by atoms with Gasteiger partial charge in [-0.05, 0) is 57.0 Å². The Balaban J connectivity index is 1.41. The number of carbonyl (C=O) groups is 2. The number of amides is 2. The Bertz CT molecular complexity index is 1450. The lowest BCUT2D eigenvalue weighted by Crippen LogP contribution is -2.42. The van der Waals surface area contributed by atoms with Crippen molar-refractivity contribution in [2.45, 2.75) is 45.4 Å². The van der Waals surface area contributed by atoms with Crippen molar-refractivity contribution in [2.75, 3.05) is 56.7 Å². The summed E-state index contributed by atoms with van der Waals surface area (Å²) in [6.07, 6.45) is 1.86. The van der Waals surface area contributed by atoms with Crippen LogP contribution >= 0.6 is 0 Å². The molecule has 2 fully saturated rings. The number of anilines is 2. The van der Waals surface area contributed by atoms with Gasteiger partial charge in [0, 0.05) is 51.4 Å². The van der Waals surface area contributed by atoms with E-state index in [9.17, 15) is 18.4 Å². The number of nitrogens with zero attached hydrogens (tertiary/aromatic N) is 5. The number of rotatable bonds is 6. The van der Waals surface area contributed by atoms with E-state index in [-0.39, 0.29) is 18.5 Å². The number of carbonyl (C=O) groups excluding carboxylic acids is 2. The van der Waals surface area contributed by atoms with Gasteiger partial charge in [0.2, 0.25) is 0 Å². The number of nitrogens with one attached hydrogen (secondary N) is 1. The van der Waals surface area contributed by atoms with Gasteiger partial charge in [-0.15, -0.1) is 0 Å². The van der Waals surface area contributed by atoms with Crippen LogP contribution in [0.25, 0.3) is 11.0 Å². The predicted molar refractivity (Wildman–Crippen MR) is 155 cm³/mol. The second-order valence-corrected chi connectivity index (χ2v) is 11.6. The fraction of sp³-hybridized carbons (Fsp3) is 0.467. The zero-order valence-corrected chi connectivity index (χ0v) is 24.3. The first-order valence-electron chi connectivity index (χ1n) is 14.0. The molecular formula is C30H36F2N6O4. The normalized spacial score (nSPS) is 17.4. The SMILES string of the molecule is CN(C(=O)OC(C)(C)C)[C@H]1CCN(C(=O)c2cc(NCc3cc(F)cc(F)c3)c3nc(N4CCOCC4)cnc3c2)C1. The van der Waals surface area contributed by atoms with Crippen molar-refractivity contribution in [3.05, 3.63) is 59.3 Å². The molecule has 42 heavy (non-hydrogen) atoms. The summed E-state index contributed by atoms with van der Waals surface area (Å²) in [6, 6.07) is 6.55. The van der Waals surface area contributed by atoms with E-state index in [1.807, 2.05) is 20.8 Å². The Morgan fingerprint density at radius 3 is 2.50 bits per heavy atom. The second-order valence-electron chi connectivity index (χ2n) is 11.6. The van der Waals surface area contributed by atoms with Crippen LogP contribution in [0, 0.1) is 11.6 Å². The molecule has 0 aliphatic carbocycles. The van der Waals surface area contributed by atoms with Gasteiger partial charge in [0.25, 0.3) is 5.91 Å². The minimum atomic E-state index is -0.671. The van der Waals surface area contributed by atoms with Crippen LogP contribution < -0.4 is 10.2 Å². The highest BCUT2D eigenvalue weighted by Crippen LogP contribution is 2.28. The third kappa shape index (κ3) is 6.87. The van der Waals surface area contributed by atoms with Gasteiger partial charge >= 0.3 is 6.09 Å². The van der Waals surface area contributed by atoms with E-state index in [0.29, 0.717) is 79.5 Å². The summed E-state index contributed by atoms with van der Waals surface area (Å²) in [5.74, 6) is -0.877. The number of aromatic nitrogens is 2. The van der Waals surface area contributed by atoms with Gasteiger partial charge in [-0.25, -0.2) is 18.6 Å². The average Bonchev–Trinajstić information content (AvgIpc) is 3.44. The van der Waals surface area contributed by atoms with E-state index in [1.54, 1.807) is 35.2 Å². The van der Waals surface area contributed by atoms with E-state index in [2.05, 4.69) is 15.2 Å². The van der Waals surface area contributed by atoms with E-state index in [1.165, 1.54) is 12.1 Å². The Kier molecular flexibility index (Phi) is 8.44. The summed E-state index contributed by atoms with van der Waals surface area (Å²) in [4.78, 5) is 41.0. The maximum atomic E-state index is 13.8. The largest absolute Gasteiger partial charge is 0.444 e. The molecule has 1 aromatic heterocycles. The molecule has 1 atom stereocenters. The molecule has 224 valence electrons. The summed E-state index contributed by atoms with van der Waals surface area (Å²) < 4.78 is 38.6. The molecule has 2 aliphatic rings. The quantitative estimate of drug-likeness (QED) is 0.456. The van der Waals surface area contributed by atoms with Crippen molar-refractivity contribution >= 4 is 34.5 Å². The zero-order valence-electron chi connectivity index (χ0n) is 24.3. The van der Waals surface area contributed by atoms with Crippen LogP contribution in [0.15, 0.2) is 36.5 Å². The minimum Gasteiger partial charge on any atom is -0.444 e. The number of ether oxygens (including phenoxy) is 2. The fourth-order valence-electron chi connectivity index (χ4n) is 5.13. The monoisotopic (exact) mass is 582 g/mol. The zero-order chi connectivity index (χ0) is 30.0. The van der Waals surface area contributed by atoms with Crippen LogP contribution in [0.2, 0.25) is 0 Å². The van der Waals surface area contributed by atoms with E-state index >= 15 is 0 Å². The van der Waals surface area contributed by atoms with Gasteiger partial charge in [0.15, 0.2) is 0 Å². The number of benzene rings is 2. The topological polar surface area (TPSA) is 100 Å². The molecule has 1 N–H and O–H groups in total. The fourth-order valence-corrected chi connectivity index (χ4v) is 5.13. The average molecular weight is 583 g/mol. The van der Waals surface area contributed by atoms with Crippen LogP contribution in [0.1, 0.15) is 43.1 Å². The van der Waals surface area contributed by atoms with E-state index < -0.39 is 23.3 Å². The van der Waals surface area contributed by atoms with Gasteiger partial charge in [0.1, 0.15) is 28.6 Å². The predicted octanol–water partition coefficient (Wildman–Crippen LogP) is 4.44. The van der Waals surface area contributed by atoms with Crippen molar-refractivity contribution in [3.8, 4) is 0 Å². The first kappa shape index (κ1) is 29.4. The molecule has 0 spiro atoms. The molecule has 2 aromatic carbocycles. The van der Waals surface area contributed by atoms with Crippen molar-refractivity contribution in [1.29, 1.82) is 0 Å². The van der Waals surface area contributed by atoms with Crippen molar-refractivity contribution in [2.24, 2.45) is 0 Å². The maximum absolute atomic E-state index is 13.8. The Morgan fingerprint density at radius 2 is 1.81 bits per heavy atom. The van der Waals surface area contributed by atoms with Crippen molar-refractivity contribution in [1.82, 2.24) is 19.8 Å². The molecule has 10 nitrogen and oxygen atoms in total. The van der Waals surface area contributed by atoms with Gasteiger partial charge in [0.05, 0.1) is 36.7 Å². The molecule has 2 amide bonds. The van der Waals surface area contributed by atoms with Crippen molar-refractivity contribution < 1.29 is 27.8 Å². The van der Waals surface area contributed by atoms with E-state index in [4.69, 9.17) is 14.5 Å². The lowest BCUT2D eigenvalue weighted by atomic mass is 10.1. The summed E-state index contributed by atoms with van der Waals surface area (Å²) in [5.41, 5.74) is 1.74. The number of halogens is 2. The third-order valence-corrected chi connectivity index (χ3v) is 7.30. The molecule has 0 saturated carbocycles. The second kappa shape index (κ2) is 12.0. The smallest absolute Gasteiger partial charge is 0.410 e. The molecule has 0 unspecified atom stereocenters. The number of likely N-dealkylation sites (N-methyl/N-ethyl adjacent to an activating group) is 1. The molecular weight excluding hydrogens is 546 g/mol. The molecule has 2 aliphatic heterocycles. The highest BCUT2D eigenvalue weighted by atomic mass is 19.1. The molecule has 5 rings (SSSR count). The molecule has 12 heteroatoms. The summed E-state index contributed by atoms with van der Waals surface area (Å²) in [5, 5.41) is 3.22. The number of morpholine rings is 1. The van der Waals surface area contributed by atoms with Crippen LogP contribution in [0.4, 0.5) is 25.1 Å². The summed E-state index contributed by atoms with van der Waals surface area (Å²) >= 11 is 0. The molecule has 3 aromatic rings. The van der Waals surface area contributed by atoms with Gasteiger partial charge in [-0.1, -0.05) is 0 Å². The van der Waals surface area contributed by atoms with Crippen LogP contribution in [-0.2, 0) is 16.0 Å². The lowest BCUT2D eigenvalue weighted by molar-refractivity contribution is 0.0226. The number of likely N-dealkylation sites (tertiary alicyclic amines) is 1. The maximum Gasteiger partial charge on any atom is 0.410 e. The first-order chi connectivity index (χ1) is 20.0. The number of hydrogen-bond acceptors (Lipinski definition) is 8. The van der Waals surface area contributed by atoms with Gasteiger partial charge < -0.3 is 29.5 Å². The molecule has 0 radical (unpaired) electrons.